The summed E-state index contributed by atoms with van der Waals surface area (Å²) in [6.45, 7) is 2.15. The van der Waals surface area contributed by atoms with Crippen molar-refractivity contribution in [1.29, 1.82) is 0 Å². The summed E-state index contributed by atoms with van der Waals surface area (Å²) < 4.78 is 18.7. The normalized spacial score (nSPS) is 14.0. The lowest BCUT2D eigenvalue weighted by molar-refractivity contribution is -0.134. The highest BCUT2D eigenvalue weighted by Gasteiger charge is 2.56. The Kier molecular flexibility index (Phi) is 6.26. The van der Waals surface area contributed by atoms with E-state index in [9.17, 15) is 18.8 Å². The zero-order valence-corrected chi connectivity index (χ0v) is 16.2. The van der Waals surface area contributed by atoms with E-state index in [2.05, 4.69) is 10.6 Å². The molecule has 0 aliphatic heterocycles. The van der Waals surface area contributed by atoms with Gasteiger partial charge in [-0.25, -0.2) is 9.18 Å². The highest BCUT2D eigenvalue weighted by molar-refractivity contribution is 6.14. The van der Waals surface area contributed by atoms with Crippen LogP contribution < -0.4 is 10.6 Å². The van der Waals surface area contributed by atoms with Crippen molar-refractivity contribution in [2.24, 2.45) is 5.41 Å². The standard InChI is InChI=1S/C22H23FN2O4/c1-2-29-19(26)16-8-4-6-10-18(16)25-21(28)22(12-13-22)20(27)24-14-11-15-7-3-5-9-17(15)23/h3-10H,2,11-14H2,1H3,(H,24,27)(H,25,28). The zero-order valence-electron chi connectivity index (χ0n) is 16.2. The molecule has 2 aromatic rings. The number of ether oxygens (including phenoxy) is 1. The van der Waals surface area contributed by atoms with Gasteiger partial charge >= 0.3 is 5.97 Å². The molecule has 1 aliphatic rings. The molecule has 3 rings (SSSR count). The van der Waals surface area contributed by atoms with Gasteiger partial charge in [-0.15, -0.1) is 0 Å². The summed E-state index contributed by atoms with van der Waals surface area (Å²) in [6, 6.07) is 12.9. The van der Waals surface area contributed by atoms with E-state index in [4.69, 9.17) is 4.74 Å². The largest absolute Gasteiger partial charge is 0.462 e. The Morgan fingerprint density at radius 2 is 1.72 bits per heavy atom. The van der Waals surface area contributed by atoms with E-state index in [-0.39, 0.29) is 30.4 Å². The summed E-state index contributed by atoms with van der Waals surface area (Å²) in [7, 11) is 0. The Labute approximate surface area is 168 Å². The predicted octanol–water partition coefficient (Wildman–Crippen LogP) is 3.08. The van der Waals surface area contributed by atoms with Crippen LogP contribution in [0.1, 0.15) is 35.7 Å². The minimum absolute atomic E-state index is 0.218. The minimum atomic E-state index is -1.16. The predicted molar refractivity (Wildman–Crippen MR) is 106 cm³/mol. The first-order valence-electron chi connectivity index (χ1n) is 9.57. The number of hydrogen-bond acceptors (Lipinski definition) is 4. The molecule has 2 N–H and O–H groups in total. The number of benzene rings is 2. The molecule has 29 heavy (non-hydrogen) atoms. The van der Waals surface area contributed by atoms with Crippen molar-refractivity contribution in [3.63, 3.8) is 0 Å². The number of esters is 1. The van der Waals surface area contributed by atoms with Gasteiger partial charge in [0.2, 0.25) is 11.8 Å². The smallest absolute Gasteiger partial charge is 0.340 e. The van der Waals surface area contributed by atoms with E-state index in [1.54, 1.807) is 49.4 Å². The number of nitrogens with one attached hydrogen (secondary N) is 2. The number of hydrogen-bond donors (Lipinski definition) is 2. The Morgan fingerprint density at radius 1 is 1.03 bits per heavy atom. The van der Waals surface area contributed by atoms with E-state index >= 15 is 0 Å². The van der Waals surface area contributed by atoms with E-state index < -0.39 is 17.3 Å². The van der Waals surface area contributed by atoms with Crippen molar-refractivity contribution in [1.82, 2.24) is 5.32 Å². The molecule has 0 unspecified atom stereocenters. The number of carbonyl (C=O) groups is 3. The Bertz CT molecular complexity index is 925. The Balaban J connectivity index is 1.61. The molecule has 0 saturated heterocycles. The maximum atomic E-state index is 13.7. The van der Waals surface area contributed by atoms with Gasteiger partial charge in [-0.2, -0.15) is 0 Å². The molecule has 1 fully saturated rings. The van der Waals surface area contributed by atoms with Crippen molar-refractivity contribution < 1.29 is 23.5 Å². The molecule has 1 aliphatic carbocycles. The molecule has 0 radical (unpaired) electrons. The van der Waals surface area contributed by atoms with Gasteiger partial charge in [0.15, 0.2) is 0 Å². The monoisotopic (exact) mass is 398 g/mol. The number of para-hydroxylation sites is 1. The first-order valence-corrected chi connectivity index (χ1v) is 9.57. The fourth-order valence-electron chi connectivity index (χ4n) is 3.08. The average Bonchev–Trinajstić information content (AvgIpc) is 3.52. The molecule has 1 saturated carbocycles. The van der Waals surface area contributed by atoms with Crippen LogP contribution in [0.4, 0.5) is 10.1 Å². The molecular formula is C22H23FN2O4. The second-order valence-electron chi connectivity index (χ2n) is 6.90. The van der Waals surface area contributed by atoms with Crippen LogP contribution in [-0.4, -0.2) is 30.9 Å². The van der Waals surface area contributed by atoms with Crippen LogP contribution in [0.15, 0.2) is 48.5 Å². The maximum absolute atomic E-state index is 13.7. The Morgan fingerprint density at radius 3 is 2.41 bits per heavy atom. The highest BCUT2D eigenvalue weighted by Crippen LogP contribution is 2.47. The molecule has 0 atom stereocenters. The van der Waals surface area contributed by atoms with Crippen LogP contribution in [-0.2, 0) is 20.7 Å². The summed E-state index contributed by atoms with van der Waals surface area (Å²) >= 11 is 0. The van der Waals surface area contributed by atoms with Gasteiger partial charge in [0, 0.05) is 6.54 Å². The number of amides is 2. The molecule has 2 amide bonds. The fraction of sp³-hybridized carbons (Fsp3) is 0.318. The fourth-order valence-corrected chi connectivity index (χ4v) is 3.08. The number of halogens is 1. The molecule has 0 heterocycles. The maximum Gasteiger partial charge on any atom is 0.340 e. The van der Waals surface area contributed by atoms with Gasteiger partial charge in [-0.1, -0.05) is 30.3 Å². The van der Waals surface area contributed by atoms with Gasteiger partial charge in [0.1, 0.15) is 11.2 Å². The van der Waals surface area contributed by atoms with E-state index in [1.165, 1.54) is 6.07 Å². The molecule has 0 spiro atoms. The van der Waals surface area contributed by atoms with Crippen molar-refractivity contribution in [3.8, 4) is 0 Å². The molecule has 6 nitrogen and oxygen atoms in total. The van der Waals surface area contributed by atoms with Crippen molar-refractivity contribution in [2.45, 2.75) is 26.2 Å². The van der Waals surface area contributed by atoms with Gasteiger partial charge < -0.3 is 15.4 Å². The lowest BCUT2D eigenvalue weighted by Gasteiger charge is -2.17. The summed E-state index contributed by atoms with van der Waals surface area (Å²) in [4.78, 5) is 37.4. The third-order valence-corrected chi connectivity index (χ3v) is 4.93. The number of anilines is 1. The lowest BCUT2D eigenvalue weighted by Crippen LogP contribution is -2.41. The van der Waals surface area contributed by atoms with Crippen LogP contribution in [0.2, 0.25) is 0 Å². The molecule has 0 bridgehead atoms. The summed E-state index contributed by atoms with van der Waals surface area (Å²) in [5.41, 5.74) is -0.109. The summed E-state index contributed by atoms with van der Waals surface area (Å²) in [5.74, 6) is -1.71. The van der Waals surface area contributed by atoms with E-state index in [1.807, 2.05) is 0 Å². The third-order valence-electron chi connectivity index (χ3n) is 4.93. The van der Waals surface area contributed by atoms with Gasteiger partial charge in [-0.05, 0) is 49.9 Å². The van der Waals surface area contributed by atoms with Crippen molar-refractivity contribution in [3.05, 3.63) is 65.5 Å². The van der Waals surface area contributed by atoms with Crippen LogP contribution >= 0.6 is 0 Å². The topological polar surface area (TPSA) is 84.5 Å². The second-order valence-corrected chi connectivity index (χ2v) is 6.90. The molecule has 2 aromatic carbocycles. The number of rotatable bonds is 8. The zero-order chi connectivity index (χ0) is 20.9. The highest BCUT2D eigenvalue weighted by atomic mass is 19.1. The molecular weight excluding hydrogens is 375 g/mol. The second kappa shape index (κ2) is 8.86. The van der Waals surface area contributed by atoms with Crippen molar-refractivity contribution >= 4 is 23.5 Å². The average molecular weight is 398 g/mol. The molecule has 0 aromatic heterocycles. The summed E-state index contributed by atoms with van der Waals surface area (Å²) in [5, 5.41) is 5.42. The van der Waals surface area contributed by atoms with Crippen LogP contribution in [0.5, 0.6) is 0 Å². The molecule has 152 valence electrons. The van der Waals surface area contributed by atoms with Crippen molar-refractivity contribution in [2.75, 3.05) is 18.5 Å². The quantitative estimate of drug-likeness (QED) is 0.529. The van der Waals surface area contributed by atoms with E-state index in [0.29, 0.717) is 30.5 Å². The van der Waals surface area contributed by atoms with E-state index in [0.717, 1.165) is 0 Å². The van der Waals surface area contributed by atoms with Gasteiger partial charge in [0.05, 0.1) is 17.9 Å². The van der Waals surface area contributed by atoms with Gasteiger partial charge in [-0.3, -0.25) is 9.59 Å². The van der Waals surface area contributed by atoms with Crippen LogP contribution in [0.3, 0.4) is 0 Å². The van der Waals surface area contributed by atoms with Crippen LogP contribution in [0, 0.1) is 11.2 Å². The lowest BCUT2D eigenvalue weighted by atomic mass is 10.0. The first kappa shape index (κ1) is 20.5. The first-order chi connectivity index (χ1) is 14.0. The minimum Gasteiger partial charge on any atom is -0.462 e. The summed E-state index contributed by atoms with van der Waals surface area (Å²) in [6.07, 6.45) is 1.18. The molecule has 7 heteroatoms. The third kappa shape index (κ3) is 4.62. The van der Waals surface area contributed by atoms with Crippen LogP contribution in [0.25, 0.3) is 0 Å². The number of carbonyl (C=O) groups excluding carboxylic acids is 3. The Hall–Kier alpha value is -3.22. The van der Waals surface area contributed by atoms with Gasteiger partial charge in [0.25, 0.3) is 0 Å². The SMILES string of the molecule is CCOC(=O)c1ccccc1NC(=O)C1(C(=O)NCCc2ccccc2F)CC1.